The first kappa shape index (κ1) is 39.5. The zero-order valence-electron chi connectivity index (χ0n) is 25.9. The van der Waals surface area contributed by atoms with E-state index in [0.717, 1.165) is 12.6 Å². The molecule has 2 fully saturated rings. The van der Waals surface area contributed by atoms with Gasteiger partial charge in [-0.25, -0.2) is 19.6 Å². The summed E-state index contributed by atoms with van der Waals surface area (Å²) in [5.41, 5.74) is 6.78. The summed E-state index contributed by atoms with van der Waals surface area (Å²) < 4.78 is 114. The van der Waals surface area contributed by atoms with Gasteiger partial charge in [-0.1, -0.05) is 26.3 Å². The first-order valence-electron chi connectivity index (χ1n) is 15.0. The Kier molecular flexibility index (Phi) is 13.8. The number of nitrogens with one attached hydrogen (secondary N) is 3. The molecule has 0 bridgehead atoms. The molecule has 1 atom stereocenters. The number of amides is 2. The minimum atomic E-state index is -4.42. The Morgan fingerprint density at radius 3 is 2.21 bits per heavy atom. The molecule has 4 rings (SSSR count). The molecule has 1 aromatic heterocycles. The predicted molar refractivity (Wildman–Crippen MR) is 156 cm³/mol. The summed E-state index contributed by atoms with van der Waals surface area (Å²) in [4.78, 5) is 30.9. The SMILES string of the molecule is CC.FC1(F)CCCCC1.N/C(=C\N(N)CC1CC(F)(F)C1(F)F)C(=O)NCc1nc2ccc(CNC(=O)CCC(F)(F)F)cc2[nH]1. The fourth-order valence-corrected chi connectivity index (χ4v) is 4.65. The lowest BCUT2D eigenvalue weighted by Gasteiger charge is -2.44. The maximum atomic E-state index is 13.4. The van der Waals surface area contributed by atoms with Gasteiger partial charge in [-0.15, -0.1) is 0 Å². The van der Waals surface area contributed by atoms with Crippen LogP contribution < -0.4 is 22.2 Å². The Hall–Kier alpha value is -3.70. The lowest BCUT2D eigenvalue weighted by molar-refractivity contribution is -0.315. The van der Waals surface area contributed by atoms with Crippen molar-refractivity contribution >= 4 is 22.8 Å². The van der Waals surface area contributed by atoms with E-state index < -0.39 is 73.2 Å². The van der Waals surface area contributed by atoms with Gasteiger partial charge >= 0.3 is 18.0 Å². The van der Waals surface area contributed by atoms with Crippen molar-refractivity contribution in [2.75, 3.05) is 6.54 Å². The van der Waals surface area contributed by atoms with Crippen molar-refractivity contribution < 1.29 is 49.1 Å². The van der Waals surface area contributed by atoms with Crippen molar-refractivity contribution in [3.05, 3.63) is 41.5 Å². The van der Waals surface area contributed by atoms with Crippen molar-refractivity contribution in [1.29, 1.82) is 0 Å². The molecule has 2 amide bonds. The minimum absolute atomic E-state index is 0.000924. The molecule has 1 aromatic carbocycles. The summed E-state index contributed by atoms with van der Waals surface area (Å²) in [5, 5.41) is 5.47. The van der Waals surface area contributed by atoms with E-state index in [2.05, 4.69) is 20.6 Å². The van der Waals surface area contributed by atoms with E-state index >= 15 is 0 Å². The number of carbonyl (C=O) groups excluding carboxylic acids is 2. The van der Waals surface area contributed by atoms with Crippen LogP contribution in [0.25, 0.3) is 11.0 Å². The van der Waals surface area contributed by atoms with Gasteiger partial charge in [0.15, 0.2) is 0 Å². The second-order valence-corrected chi connectivity index (χ2v) is 11.0. The molecule has 2 aliphatic rings. The number of alkyl halides is 9. The van der Waals surface area contributed by atoms with E-state index in [-0.39, 0.29) is 25.9 Å². The number of benzene rings is 1. The van der Waals surface area contributed by atoms with Crippen LogP contribution in [0.2, 0.25) is 0 Å². The topological polar surface area (TPSA) is 142 Å². The number of aromatic nitrogens is 2. The molecule has 266 valence electrons. The van der Waals surface area contributed by atoms with Gasteiger partial charge in [-0.3, -0.25) is 9.59 Å². The Bertz CT molecular complexity index is 1360. The molecule has 0 saturated heterocycles. The number of halogens is 9. The maximum Gasteiger partial charge on any atom is 0.389 e. The first-order valence-corrected chi connectivity index (χ1v) is 15.0. The third kappa shape index (κ3) is 12.1. The minimum Gasteiger partial charge on any atom is -0.393 e. The normalized spacial score (nSPS) is 19.7. The van der Waals surface area contributed by atoms with Gasteiger partial charge in [0.1, 0.15) is 11.5 Å². The third-order valence-corrected chi connectivity index (χ3v) is 7.22. The second kappa shape index (κ2) is 16.4. The highest BCUT2D eigenvalue weighted by atomic mass is 19.4. The van der Waals surface area contributed by atoms with E-state index in [9.17, 15) is 49.1 Å². The van der Waals surface area contributed by atoms with Crippen molar-refractivity contribution in [2.24, 2.45) is 17.5 Å². The van der Waals surface area contributed by atoms with E-state index in [1.165, 1.54) is 0 Å². The maximum absolute atomic E-state index is 13.4. The molecule has 1 heterocycles. The third-order valence-electron chi connectivity index (χ3n) is 7.22. The Balaban J connectivity index is 0.000000660. The van der Waals surface area contributed by atoms with E-state index in [0.29, 0.717) is 40.3 Å². The smallest absolute Gasteiger partial charge is 0.389 e. The van der Waals surface area contributed by atoms with E-state index in [4.69, 9.17) is 11.6 Å². The van der Waals surface area contributed by atoms with Crippen molar-refractivity contribution in [3.63, 3.8) is 0 Å². The molecular formula is C29H40F9N7O2. The number of fused-ring (bicyclic) bond motifs is 1. The van der Waals surface area contributed by atoms with Crippen LogP contribution in [0, 0.1) is 5.92 Å². The number of hydrogen-bond acceptors (Lipinski definition) is 6. The highest BCUT2D eigenvalue weighted by molar-refractivity contribution is 5.92. The fourth-order valence-electron chi connectivity index (χ4n) is 4.65. The van der Waals surface area contributed by atoms with Gasteiger partial charge in [0, 0.05) is 45.0 Å². The molecule has 1 unspecified atom stereocenters. The van der Waals surface area contributed by atoms with E-state index in [1.54, 1.807) is 18.2 Å². The molecule has 0 aliphatic heterocycles. The van der Waals surface area contributed by atoms with Gasteiger partial charge in [-0.05, 0) is 30.5 Å². The number of rotatable bonds is 10. The molecule has 0 spiro atoms. The first-order chi connectivity index (χ1) is 21.8. The summed E-state index contributed by atoms with van der Waals surface area (Å²) in [6, 6.07) is 4.85. The number of imidazole rings is 1. The molecule has 47 heavy (non-hydrogen) atoms. The Morgan fingerprint density at radius 2 is 1.68 bits per heavy atom. The molecule has 9 nitrogen and oxygen atoms in total. The van der Waals surface area contributed by atoms with Crippen LogP contribution in [0.3, 0.4) is 0 Å². The average molecular weight is 690 g/mol. The van der Waals surface area contributed by atoms with Crippen LogP contribution in [-0.2, 0) is 22.7 Å². The van der Waals surface area contributed by atoms with Crippen LogP contribution >= 0.6 is 0 Å². The summed E-state index contributed by atoms with van der Waals surface area (Å²) in [6.07, 6.45) is -3.83. The number of aromatic amines is 1. The Morgan fingerprint density at radius 1 is 1.04 bits per heavy atom. The van der Waals surface area contributed by atoms with Gasteiger partial charge in [0.25, 0.3) is 5.91 Å². The number of hydrogen-bond donors (Lipinski definition) is 5. The second-order valence-electron chi connectivity index (χ2n) is 11.0. The average Bonchev–Trinajstić information content (AvgIpc) is 3.40. The van der Waals surface area contributed by atoms with Crippen LogP contribution in [0.1, 0.15) is 76.6 Å². The number of hydrazine groups is 1. The molecule has 2 aromatic rings. The summed E-state index contributed by atoms with van der Waals surface area (Å²) in [7, 11) is 0. The van der Waals surface area contributed by atoms with Gasteiger partial charge in [-0.2, -0.15) is 30.7 Å². The molecule has 18 heteroatoms. The molecule has 2 aliphatic carbocycles. The fraction of sp³-hybridized carbons (Fsp3) is 0.621. The number of carbonyl (C=O) groups is 2. The molecule has 2 saturated carbocycles. The summed E-state index contributed by atoms with van der Waals surface area (Å²) >= 11 is 0. The lowest BCUT2D eigenvalue weighted by atomic mass is 9.76. The zero-order valence-corrected chi connectivity index (χ0v) is 25.9. The summed E-state index contributed by atoms with van der Waals surface area (Å²) in [5.74, 6) is -8.04. The van der Waals surface area contributed by atoms with Crippen LogP contribution in [0.4, 0.5) is 39.5 Å². The van der Waals surface area contributed by atoms with Gasteiger partial charge in [0.05, 0.1) is 29.9 Å². The highest BCUT2D eigenvalue weighted by Gasteiger charge is 2.71. The van der Waals surface area contributed by atoms with Crippen molar-refractivity contribution in [1.82, 2.24) is 25.6 Å². The predicted octanol–water partition coefficient (Wildman–Crippen LogP) is 6.02. The quantitative estimate of drug-likeness (QED) is 0.0895. The lowest BCUT2D eigenvalue weighted by Crippen LogP contribution is -2.61. The van der Waals surface area contributed by atoms with Gasteiger partial charge < -0.3 is 26.4 Å². The van der Waals surface area contributed by atoms with Crippen molar-refractivity contribution in [3.8, 4) is 0 Å². The monoisotopic (exact) mass is 689 g/mol. The summed E-state index contributed by atoms with van der Waals surface area (Å²) in [6.45, 7) is 3.24. The number of nitrogens with two attached hydrogens (primary N) is 2. The molecular weight excluding hydrogens is 649 g/mol. The largest absolute Gasteiger partial charge is 0.393 e. The van der Waals surface area contributed by atoms with Crippen LogP contribution in [-0.4, -0.2) is 57.3 Å². The van der Waals surface area contributed by atoms with Crippen molar-refractivity contribution in [2.45, 2.75) is 102 Å². The van der Waals surface area contributed by atoms with Crippen LogP contribution in [0.15, 0.2) is 30.1 Å². The zero-order chi connectivity index (χ0) is 35.6. The van der Waals surface area contributed by atoms with Crippen LogP contribution in [0.5, 0.6) is 0 Å². The highest BCUT2D eigenvalue weighted by Crippen LogP contribution is 2.55. The molecule has 0 radical (unpaired) electrons. The van der Waals surface area contributed by atoms with Gasteiger partial charge in [0.2, 0.25) is 11.8 Å². The number of nitrogens with zero attached hydrogens (tertiary/aromatic N) is 2. The van der Waals surface area contributed by atoms with E-state index in [1.807, 2.05) is 13.8 Å². The molecule has 7 N–H and O–H groups in total. The standard InChI is InChI=1S/C21H24F7N7O2.C6H10F2.C2H6/c22-19(23)6-12(21(19,27)28)9-35(30)10-13(29)18(37)32-8-16-33-14-2-1-11(5-15(14)34-16)7-31-17(36)3-4-20(24,25)26;7-6(8)4-2-1-3-5-6;1-2/h1-2,5,10,12H,3-4,6-9,29-30H2,(H,31,36)(H,32,37)(H,33,34);1-5H2;1-2H3/b13-10-;;. The Labute approximate surface area is 265 Å². The number of H-pyrrole nitrogens is 1.